The topological polar surface area (TPSA) is 42.4 Å². The maximum atomic E-state index is 13.0. The van der Waals surface area contributed by atoms with Gasteiger partial charge in [-0.25, -0.2) is 4.39 Å². The molecule has 0 bridgehead atoms. The molecular formula is C23H20ClFN2O2. The third-order valence-corrected chi connectivity index (χ3v) is 5.20. The summed E-state index contributed by atoms with van der Waals surface area (Å²) >= 11 is 6.06. The van der Waals surface area contributed by atoms with E-state index in [1.807, 2.05) is 36.4 Å². The lowest BCUT2D eigenvalue weighted by molar-refractivity contribution is -0.138. The molecule has 0 N–H and O–H groups in total. The Morgan fingerprint density at radius 1 is 1.14 bits per heavy atom. The summed E-state index contributed by atoms with van der Waals surface area (Å²) in [6.07, 6.45) is 1.77. The first-order valence-electron chi connectivity index (χ1n) is 9.44. The molecule has 1 amide bonds. The summed E-state index contributed by atoms with van der Waals surface area (Å²) in [5.41, 5.74) is 3.55. The monoisotopic (exact) mass is 410 g/mol. The quantitative estimate of drug-likeness (QED) is 0.627. The molecule has 1 fully saturated rings. The standard InChI is InChI=1S/C23H20ClFN2O2/c24-19-3-1-2-17(13-19)18-6-9-21(26-14-18)22-15-27(10-11-29-22)23(28)12-16-4-7-20(25)8-5-16/h1-9,13-14,22H,10-12,15H2/t22-/m1/s1. The number of nitrogens with zero attached hydrogens (tertiary/aromatic N) is 2. The van der Waals surface area contributed by atoms with Crippen LogP contribution in [0.2, 0.25) is 5.02 Å². The third-order valence-electron chi connectivity index (χ3n) is 4.96. The number of halogens is 2. The average Bonchev–Trinajstić information content (AvgIpc) is 2.75. The van der Waals surface area contributed by atoms with Crippen molar-refractivity contribution in [3.63, 3.8) is 0 Å². The number of aromatic nitrogens is 1. The van der Waals surface area contributed by atoms with Gasteiger partial charge < -0.3 is 9.64 Å². The molecule has 1 saturated heterocycles. The maximum Gasteiger partial charge on any atom is 0.227 e. The Bertz CT molecular complexity index is 993. The van der Waals surface area contributed by atoms with Gasteiger partial charge in [-0.15, -0.1) is 0 Å². The minimum Gasteiger partial charge on any atom is -0.368 e. The summed E-state index contributed by atoms with van der Waals surface area (Å²) in [5.74, 6) is -0.305. The van der Waals surface area contributed by atoms with Gasteiger partial charge in [-0.05, 0) is 41.5 Å². The molecule has 0 radical (unpaired) electrons. The van der Waals surface area contributed by atoms with E-state index in [2.05, 4.69) is 4.98 Å². The molecule has 1 aliphatic rings. The van der Waals surface area contributed by atoms with Gasteiger partial charge in [0.1, 0.15) is 11.9 Å². The van der Waals surface area contributed by atoms with E-state index in [0.717, 1.165) is 22.4 Å². The fourth-order valence-corrected chi connectivity index (χ4v) is 3.57. The number of morpholine rings is 1. The largest absolute Gasteiger partial charge is 0.368 e. The molecule has 29 heavy (non-hydrogen) atoms. The Labute approximate surface area is 173 Å². The molecule has 1 atom stereocenters. The number of carbonyl (C=O) groups is 1. The number of ether oxygens (including phenoxy) is 1. The summed E-state index contributed by atoms with van der Waals surface area (Å²) in [6.45, 7) is 1.44. The van der Waals surface area contributed by atoms with Gasteiger partial charge in [0.25, 0.3) is 0 Å². The summed E-state index contributed by atoms with van der Waals surface area (Å²) in [4.78, 5) is 19.0. The molecule has 0 saturated carbocycles. The molecule has 3 aromatic rings. The second-order valence-electron chi connectivity index (χ2n) is 6.98. The normalized spacial score (nSPS) is 16.6. The van der Waals surface area contributed by atoms with Crippen molar-refractivity contribution in [3.8, 4) is 11.1 Å². The third kappa shape index (κ3) is 4.81. The molecule has 4 nitrogen and oxygen atoms in total. The van der Waals surface area contributed by atoms with Gasteiger partial charge in [-0.3, -0.25) is 9.78 Å². The molecular weight excluding hydrogens is 391 g/mol. The molecule has 2 aromatic carbocycles. The molecule has 6 heteroatoms. The molecule has 0 spiro atoms. The van der Waals surface area contributed by atoms with Gasteiger partial charge in [0.15, 0.2) is 0 Å². The van der Waals surface area contributed by atoms with Gasteiger partial charge in [0, 0.05) is 23.3 Å². The first-order chi connectivity index (χ1) is 14.1. The zero-order chi connectivity index (χ0) is 20.2. The SMILES string of the molecule is O=C(Cc1ccc(F)cc1)N1CCO[C@@H](c2ccc(-c3cccc(Cl)c3)cn2)C1. The predicted molar refractivity (Wildman–Crippen MR) is 110 cm³/mol. The van der Waals surface area contributed by atoms with E-state index in [-0.39, 0.29) is 24.2 Å². The van der Waals surface area contributed by atoms with Crippen LogP contribution < -0.4 is 0 Å². The number of benzene rings is 2. The first kappa shape index (κ1) is 19.6. The van der Waals surface area contributed by atoms with Crippen molar-refractivity contribution in [1.29, 1.82) is 0 Å². The molecule has 1 aliphatic heterocycles. The van der Waals surface area contributed by atoms with Crippen LogP contribution >= 0.6 is 11.6 Å². The van der Waals surface area contributed by atoms with Crippen molar-refractivity contribution in [2.24, 2.45) is 0 Å². The number of pyridine rings is 1. The van der Waals surface area contributed by atoms with Crippen LogP contribution in [0.5, 0.6) is 0 Å². The van der Waals surface area contributed by atoms with Gasteiger partial charge in [-0.2, -0.15) is 0 Å². The highest BCUT2D eigenvalue weighted by molar-refractivity contribution is 6.30. The van der Waals surface area contributed by atoms with Crippen molar-refractivity contribution in [2.45, 2.75) is 12.5 Å². The Morgan fingerprint density at radius 2 is 1.97 bits per heavy atom. The Morgan fingerprint density at radius 3 is 2.69 bits per heavy atom. The van der Waals surface area contributed by atoms with Crippen LogP contribution in [0.25, 0.3) is 11.1 Å². The van der Waals surface area contributed by atoms with E-state index < -0.39 is 0 Å². The second kappa shape index (κ2) is 8.72. The van der Waals surface area contributed by atoms with Gasteiger partial charge in [0.2, 0.25) is 5.91 Å². The van der Waals surface area contributed by atoms with Crippen LogP contribution in [-0.4, -0.2) is 35.5 Å². The van der Waals surface area contributed by atoms with Gasteiger partial charge in [0.05, 0.1) is 25.3 Å². The molecule has 0 aliphatic carbocycles. The molecule has 148 valence electrons. The summed E-state index contributed by atoms with van der Waals surface area (Å²) < 4.78 is 18.9. The van der Waals surface area contributed by atoms with Crippen molar-refractivity contribution in [1.82, 2.24) is 9.88 Å². The van der Waals surface area contributed by atoms with Crippen molar-refractivity contribution in [3.05, 3.63) is 89.0 Å². The minimum absolute atomic E-state index is 0.000422. The van der Waals surface area contributed by atoms with E-state index in [1.54, 1.807) is 23.2 Å². The van der Waals surface area contributed by atoms with E-state index in [1.165, 1.54) is 12.1 Å². The lowest BCUT2D eigenvalue weighted by Crippen LogP contribution is -2.43. The van der Waals surface area contributed by atoms with E-state index in [0.29, 0.717) is 24.7 Å². The van der Waals surface area contributed by atoms with Crippen LogP contribution in [0.15, 0.2) is 66.9 Å². The second-order valence-corrected chi connectivity index (χ2v) is 7.42. The number of hydrogen-bond donors (Lipinski definition) is 0. The van der Waals surface area contributed by atoms with Gasteiger partial charge >= 0.3 is 0 Å². The number of hydrogen-bond acceptors (Lipinski definition) is 3. The predicted octanol–water partition coefficient (Wildman–Crippen LogP) is 4.68. The Kier molecular flexibility index (Phi) is 5.88. The highest BCUT2D eigenvalue weighted by atomic mass is 35.5. The van der Waals surface area contributed by atoms with Crippen molar-refractivity contribution >= 4 is 17.5 Å². The highest BCUT2D eigenvalue weighted by Gasteiger charge is 2.26. The summed E-state index contributed by atoms with van der Waals surface area (Å²) in [7, 11) is 0. The lowest BCUT2D eigenvalue weighted by atomic mass is 10.1. The summed E-state index contributed by atoms with van der Waals surface area (Å²) in [5, 5.41) is 0.678. The van der Waals surface area contributed by atoms with E-state index in [9.17, 15) is 9.18 Å². The van der Waals surface area contributed by atoms with Gasteiger partial charge in [-0.1, -0.05) is 41.9 Å². The lowest BCUT2D eigenvalue weighted by Gasteiger charge is -2.32. The van der Waals surface area contributed by atoms with Crippen LogP contribution in [0.1, 0.15) is 17.4 Å². The number of carbonyl (C=O) groups excluding carboxylic acids is 1. The Balaban J connectivity index is 1.42. The highest BCUT2D eigenvalue weighted by Crippen LogP contribution is 2.25. The summed E-state index contributed by atoms with van der Waals surface area (Å²) in [6, 6.07) is 17.5. The molecule has 0 unspecified atom stereocenters. The number of amides is 1. The van der Waals surface area contributed by atoms with E-state index >= 15 is 0 Å². The number of rotatable bonds is 4. The van der Waals surface area contributed by atoms with Crippen LogP contribution in [0.3, 0.4) is 0 Å². The average molecular weight is 411 g/mol. The van der Waals surface area contributed by atoms with Crippen LogP contribution in [0, 0.1) is 5.82 Å². The zero-order valence-electron chi connectivity index (χ0n) is 15.7. The molecule has 2 heterocycles. The van der Waals surface area contributed by atoms with E-state index in [4.69, 9.17) is 16.3 Å². The Hall–Kier alpha value is -2.76. The fraction of sp³-hybridized carbons (Fsp3) is 0.217. The molecule has 4 rings (SSSR count). The minimum atomic E-state index is -0.306. The van der Waals surface area contributed by atoms with Crippen LogP contribution in [0.4, 0.5) is 4.39 Å². The molecule has 1 aromatic heterocycles. The van der Waals surface area contributed by atoms with Crippen LogP contribution in [-0.2, 0) is 16.0 Å². The van der Waals surface area contributed by atoms with Crippen molar-refractivity contribution in [2.75, 3.05) is 19.7 Å². The maximum absolute atomic E-state index is 13.0. The van der Waals surface area contributed by atoms with Crippen molar-refractivity contribution < 1.29 is 13.9 Å². The first-order valence-corrected chi connectivity index (χ1v) is 9.82. The smallest absolute Gasteiger partial charge is 0.227 e. The fourth-order valence-electron chi connectivity index (χ4n) is 3.38. The zero-order valence-corrected chi connectivity index (χ0v) is 16.5.